The molecule has 2 aromatic rings. The number of hydrazone groups is 1. The van der Waals surface area contributed by atoms with Crippen molar-refractivity contribution in [2.45, 2.75) is 6.42 Å². The summed E-state index contributed by atoms with van der Waals surface area (Å²) in [5, 5.41) is 14.8. The minimum absolute atomic E-state index is 0.0939. The van der Waals surface area contributed by atoms with E-state index < -0.39 is 4.92 Å². The van der Waals surface area contributed by atoms with E-state index in [2.05, 4.69) is 10.5 Å². The van der Waals surface area contributed by atoms with Crippen LogP contribution in [0.1, 0.15) is 11.1 Å². The number of halogens is 1. The molecule has 128 valence electrons. The van der Waals surface area contributed by atoms with Gasteiger partial charge in [-0.1, -0.05) is 17.7 Å². The third-order valence-electron chi connectivity index (χ3n) is 3.38. The van der Waals surface area contributed by atoms with Crippen LogP contribution in [0, 0.1) is 10.1 Å². The van der Waals surface area contributed by atoms with Crippen LogP contribution in [0.2, 0.25) is 5.02 Å². The predicted octanol–water partition coefficient (Wildman–Crippen LogP) is 2.67. The second-order valence-corrected chi connectivity index (χ2v) is 5.53. The number of carbonyl (C=O) groups excluding carboxylic acids is 1. The summed E-state index contributed by atoms with van der Waals surface area (Å²) in [6.45, 7) is 0.166. The number of benzene rings is 2. The molecule has 25 heavy (non-hydrogen) atoms. The maximum Gasteiger partial charge on any atom is 0.270 e. The van der Waals surface area contributed by atoms with E-state index in [1.165, 1.54) is 24.4 Å². The molecule has 0 fully saturated rings. The Morgan fingerprint density at radius 1 is 1.28 bits per heavy atom. The van der Waals surface area contributed by atoms with Crippen molar-refractivity contribution >= 4 is 29.4 Å². The van der Waals surface area contributed by atoms with Crippen molar-refractivity contribution in [3.8, 4) is 11.5 Å². The molecule has 1 N–H and O–H groups in total. The summed E-state index contributed by atoms with van der Waals surface area (Å²) in [5.41, 5.74) is 3.31. The molecule has 0 saturated heterocycles. The lowest BCUT2D eigenvalue weighted by atomic mass is 10.1. The van der Waals surface area contributed by atoms with Crippen LogP contribution >= 0.6 is 11.6 Å². The highest BCUT2D eigenvalue weighted by Gasteiger charge is 2.14. The number of nitro groups is 1. The van der Waals surface area contributed by atoms with Crippen molar-refractivity contribution in [3.63, 3.8) is 0 Å². The van der Waals surface area contributed by atoms with Crippen molar-refractivity contribution in [1.29, 1.82) is 0 Å². The summed E-state index contributed by atoms with van der Waals surface area (Å²) in [5.74, 6) is 0.885. The fourth-order valence-electron chi connectivity index (χ4n) is 2.19. The summed E-state index contributed by atoms with van der Waals surface area (Å²) < 4.78 is 10.5. The molecular weight excluding hydrogens is 350 g/mol. The molecule has 9 heteroatoms. The summed E-state index contributed by atoms with van der Waals surface area (Å²) in [4.78, 5) is 22.1. The fourth-order valence-corrected chi connectivity index (χ4v) is 2.36. The lowest BCUT2D eigenvalue weighted by Gasteiger charge is -2.02. The molecule has 1 amide bonds. The first-order valence-electron chi connectivity index (χ1n) is 7.17. The number of ether oxygens (including phenoxy) is 2. The molecule has 0 saturated carbocycles. The molecule has 0 radical (unpaired) electrons. The van der Waals surface area contributed by atoms with Crippen LogP contribution in [0.4, 0.5) is 5.69 Å². The number of hydrogen-bond acceptors (Lipinski definition) is 6. The van der Waals surface area contributed by atoms with Crippen molar-refractivity contribution in [1.82, 2.24) is 5.43 Å². The first kappa shape index (κ1) is 16.7. The Morgan fingerprint density at radius 3 is 2.88 bits per heavy atom. The maximum atomic E-state index is 11.9. The van der Waals surface area contributed by atoms with Crippen molar-refractivity contribution in [2.24, 2.45) is 5.10 Å². The van der Waals surface area contributed by atoms with E-state index >= 15 is 0 Å². The first-order valence-corrected chi connectivity index (χ1v) is 7.55. The number of nitrogens with one attached hydrogen (secondary N) is 1. The molecule has 0 atom stereocenters. The minimum atomic E-state index is -0.536. The molecule has 2 aromatic carbocycles. The van der Waals surface area contributed by atoms with Crippen molar-refractivity contribution < 1.29 is 19.2 Å². The van der Waals surface area contributed by atoms with Gasteiger partial charge in [-0.2, -0.15) is 5.10 Å². The van der Waals surface area contributed by atoms with E-state index in [4.69, 9.17) is 21.1 Å². The van der Waals surface area contributed by atoms with E-state index in [1.807, 2.05) is 0 Å². The topological polar surface area (TPSA) is 103 Å². The quantitative estimate of drug-likeness (QED) is 0.501. The van der Waals surface area contributed by atoms with E-state index in [1.54, 1.807) is 18.2 Å². The van der Waals surface area contributed by atoms with Gasteiger partial charge in [-0.3, -0.25) is 14.9 Å². The SMILES string of the molecule is O=C(Cc1ccc2c(c1)OCO2)N/N=C\c1cc([N+](=O)[O-])ccc1Cl. The number of hydrogen-bond donors (Lipinski definition) is 1. The first-order chi connectivity index (χ1) is 12.0. The second kappa shape index (κ2) is 7.18. The second-order valence-electron chi connectivity index (χ2n) is 5.12. The van der Waals surface area contributed by atoms with Crippen LogP contribution in [-0.4, -0.2) is 23.8 Å². The average Bonchev–Trinajstić information content (AvgIpc) is 3.04. The number of nitro benzene ring substituents is 1. The number of carbonyl (C=O) groups is 1. The van der Waals surface area contributed by atoms with Crippen LogP contribution < -0.4 is 14.9 Å². The zero-order valence-corrected chi connectivity index (χ0v) is 13.5. The Hall–Kier alpha value is -3.13. The predicted molar refractivity (Wildman–Crippen MR) is 90.1 cm³/mol. The van der Waals surface area contributed by atoms with Gasteiger partial charge in [0.15, 0.2) is 11.5 Å². The zero-order valence-electron chi connectivity index (χ0n) is 12.8. The minimum Gasteiger partial charge on any atom is -0.454 e. The van der Waals surface area contributed by atoms with Crippen LogP contribution in [0.3, 0.4) is 0 Å². The van der Waals surface area contributed by atoms with E-state index in [0.717, 1.165) is 5.56 Å². The zero-order chi connectivity index (χ0) is 17.8. The van der Waals surface area contributed by atoms with Gasteiger partial charge >= 0.3 is 0 Å². The Bertz CT molecular complexity index is 869. The molecule has 1 aliphatic heterocycles. The van der Waals surface area contributed by atoms with Crippen LogP contribution in [0.25, 0.3) is 0 Å². The van der Waals surface area contributed by atoms with Gasteiger partial charge in [0.1, 0.15) is 0 Å². The van der Waals surface area contributed by atoms with Gasteiger partial charge in [0.2, 0.25) is 12.7 Å². The largest absolute Gasteiger partial charge is 0.454 e. The molecule has 8 nitrogen and oxygen atoms in total. The van der Waals surface area contributed by atoms with Crippen LogP contribution in [0.15, 0.2) is 41.5 Å². The molecular formula is C16H12ClN3O5. The number of nitrogens with zero attached hydrogens (tertiary/aromatic N) is 2. The summed E-state index contributed by atoms with van der Waals surface area (Å²) in [6, 6.07) is 9.18. The molecule has 0 spiro atoms. The standard InChI is InChI=1S/C16H12ClN3O5/c17-13-3-2-12(20(22)23)7-11(13)8-18-19-16(21)6-10-1-4-14-15(5-10)25-9-24-14/h1-5,7-8H,6,9H2,(H,19,21)/b18-8-. The van der Waals surface area contributed by atoms with Crippen molar-refractivity contribution in [3.05, 3.63) is 62.7 Å². The van der Waals surface area contributed by atoms with E-state index in [9.17, 15) is 14.9 Å². The van der Waals surface area contributed by atoms with Crippen molar-refractivity contribution in [2.75, 3.05) is 6.79 Å². The summed E-state index contributed by atoms with van der Waals surface area (Å²) in [6.07, 6.45) is 1.35. The molecule has 0 bridgehead atoms. The molecule has 1 heterocycles. The smallest absolute Gasteiger partial charge is 0.270 e. The fraction of sp³-hybridized carbons (Fsp3) is 0.125. The van der Waals surface area contributed by atoms with Gasteiger partial charge in [0.25, 0.3) is 5.69 Å². The van der Waals surface area contributed by atoms with E-state index in [0.29, 0.717) is 22.1 Å². The highest BCUT2D eigenvalue weighted by Crippen LogP contribution is 2.32. The Kier molecular flexibility index (Phi) is 4.80. The molecule has 3 rings (SSSR count). The number of fused-ring (bicyclic) bond motifs is 1. The lowest BCUT2D eigenvalue weighted by molar-refractivity contribution is -0.384. The van der Waals surface area contributed by atoms with Gasteiger partial charge in [0, 0.05) is 22.7 Å². The maximum absolute atomic E-state index is 11.9. The summed E-state index contributed by atoms with van der Waals surface area (Å²) >= 11 is 5.95. The molecule has 1 aliphatic rings. The van der Waals surface area contributed by atoms with Crippen LogP contribution in [0.5, 0.6) is 11.5 Å². The lowest BCUT2D eigenvalue weighted by Crippen LogP contribution is -2.19. The molecule has 0 aliphatic carbocycles. The van der Waals surface area contributed by atoms with E-state index in [-0.39, 0.29) is 24.8 Å². The van der Waals surface area contributed by atoms with Gasteiger partial charge in [0.05, 0.1) is 17.6 Å². The third-order valence-corrected chi connectivity index (χ3v) is 3.73. The van der Waals surface area contributed by atoms with Gasteiger partial charge in [-0.25, -0.2) is 5.43 Å². The average molecular weight is 362 g/mol. The monoisotopic (exact) mass is 361 g/mol. The Balaban J connectivity index is 1.61. The number of rotatable bonds is 5. The molecule has 0 aromatic heterocycles. The summed E-state index contributed by atoms with van der Waals surface area (Å²) in [7, 11) is 0. The Morgan fingerprint density at radius 2 is 2.08 bits per heavy atom. The normalized spacial score (nSPS) is 12.4. The Labute approximate surface area is 147 Å². The van der Waals surface area contributed by atoms with Gasteiger partial charge in [-0.05, 0) is 23.8 Å². The molecule has 0 unspecified atom stereocenters. The highest BCUT2D eigenvalue weighted by molar-refractivity contribution is 6.33. The van der Waals surface area contributed by atoms with Crippen LogP contribution in [-0.2, 0) is 11.2 Å². The van der Waals surface area contributed by atoms with Gasteiger partial charge < -0.3 is 9.47 Å². The number of non-ortho nitro benzene ring substituents is 1. The highest BCUT2D eigenvalue weighted by atomic mass is 35.5. The van der Waals surface area contributed by atoms with Gasteiger partial charge in [-0.15, -0.1) is 0 Å². The number of amides is 1. The third kappa shape index (κ3) is 4.04.